The van der Waals surface area contributed by atoms with Gasteiger partial charge in [-0.05, 0) is 5.56 Å². The standard InChI is InChI=1S/C19H27N7O2.HI/c1-20-19(22-13-17-23-14-24-25(17)2)21-12-16(15-6-4-3-5-7-15)18(27)26-8-10-28-11-9-26;/h3-7,14,16H,8-13H2,1-2H3,(H2,20,21,22);1H. The number of amides is 1. The van der Waals surface area contributed by atoms with Crippen molar-refractivity contribution in [2.45, 2.75) is 12.5 Å². The minimum atomic E-state index is -0.298. The highest BCUT2D eigenvalue weighted by Crippen LogP contribution is 2.18. The number of halogens is 1. The van der Waals surface area contributed by atoms with Crippen molar-refractivity contribution in [1.82, 2.24) is 30.3 Å². The lowest BCUT2D eigenvalue weighted by atomic mass is 9.97. The average molecular weight is 513 g/mol. The molecular formula is C19H28IN7O2. The van der Waals surface area contributed by atoms with Crippen molar-refractivity contribution in [1.29, 1.82) is 0 Å². The summed E-state index contributed by atoms with van der Waals surface area (Å²) in [6.07, 6.45) is 1.51. The van der Waals surface area contributed by atoms with Crippen LogP contribution in [-0.4, -0.2) is 71.4 Å². The number of morpholine rings is 1. The third-order valence-corrected chi connectivity index (χ3v) is 4.74. The van der Waals surface area contributed by atoms with Gasteiger partial charge in [-0.2, -0.15) is 5.10 Å². The fourth-order valence-electron chi connectivity index (χ4n) is 3.10. The molecule has 1 aromatic heterocycles. The smallest absolute Gasteiger partial charge is 0.232 e. The van der Waals surface area contributed by atoms with Crippen LogP contribution in [0.15, 0.2) is 41.7 Å². The molecule has 1 aliphatic heterocycles. The van der Waals surface area contributed by atoms with Crippen LogP contribution in [0.3, 0.4) is 0 Å². The number of nitrogens with one attached hydrogen (secondary N) is 2. The van der Waals surface area contributed by atoms with Crippen molar-refractivity contribution in [2.75, 3.05) is 39.9 Å². The Hall–Kier alpha value is -2.21. The SMILES string of the molecule is CN=C(NCc1ncnn1C)NCC(C(=O)N1CCOCC1)c1ccccc1.I. The summed E-state index contributed by atoms with van der Waals surface area (Å²) in [6.45, 7) is 3.36. The number of hydrogen-bond acceptors (Lipinski definition) is 5. The van der Waals surface area contributed by atoms with E-state index in [1.165, 1.54) is 6.33 Å². The molecule has 9 nitrogen and oxygen atoms in total. The van der Waals surface area contributed by atoms with Crippen molar-refractivity contribution in [3.63, 3.8) is 0 Å². The van der Waals surface area contributed by atoms with Gasteiger partial charge in [0.25, 0.3) is 0 Å². The molecule has 1 aromatic carbocycles. The Balaban J connectivity index is 0.00000300. The van der Waals surface area contributed by atoms with E-state index in [1.54, 1.807) is 11.7 Å². The van der Waals surface area contributed by atoms with Gasteiger partial charge >= 0.3 is 0 Å². The second-order valence-corrected chi connectivity index (χ2v) is 6.51. The molecule has 1 atom stereocenters. The van der Waals surface area contributed by atoms with Gasteiger partial charge in [0.15, 0.2) is 5.96 Å². The molecule has 2 aromatic rings. The first kappa shape index (κ1) is 23.1. The lowest BCUT2D eigenvalue weighted by Gasteiger charge is -2.31. The van der Waals surface area contributed by atoms with Gasteiger partial charge in [0, 0.05) is 33.7 Å². The molecule has 0 spiro atoms. The number of aliphatic imine (C=N–C) groups is 1. The molecule has 1 aliphatic rings. The third-order valence-electron chi connectivity index (χ3n) is 4.74. The molecule has 0 radical (unpaired) electrons. The number of rotatable bonds is 6. The molecule has 2 N–H and O–H groups in total. The summed E-state index contributed by atoms with van der Waals surface area (Å²) in [5, 5.41) is 10.5. The highest BCUT2D eigenvalue weighted by Gasteiger charge is 2.27. The van der Waals surface area contributed by atoms with Crippen LogP contribution in [0.4, 0.5) is 0 Å². The molecule has 2 heterocycles. The highest BCUT2D eigenvalue weighted by molar-refractivity contribution is 14.0. The van der Waals surface area contributed by atoms with Crippen LogP contribution < -0.4 is 10.6 Å². The number of guanidine groups is 1. The number of aryl methyl sites for hydroxylation is 1. The van der Waals surface area contributed by atoms with Gasteiger partial charge in [-0.1, -0.05) is 30.3 Å². The van der Waals surface area contributed by atoms with Gasteiger partial charge in [0.05, 0.1) is 25.7 Å². The molecule has 158 valence electrons. The Labute approximate surface area is 187 Å². The van der Waals surface area contributed by atoms with E-state index >= 15 is 0 Å². The fraction of sp³-hybridized carbons (Fsp3) is 0.474. The molecule has 0 aliphatic carbocycles. The number of carbonyl (C=O) groups is 1. The number of hydrogen-bond donors (Lipinski definition) is 2. The molecule has 0 saturated carbocycles. The van der Waals surface area contributed by atoms with Crippen LogP contribution >= 0.6 is 24.0 Å². The number of nitrogens with zero attached hydrogens (tertiary/aromatic N) is 5. The second-order valence-electron chi connectivity index (χ2n) is 6.51. The van der Waals surface area contributed by atoms with Gasteiger partial charge < -0.3 is 20.3 Å². The van der Waals surface area contributed by atoms with Crippen LogP contribution in [-0.2, 0) is 23.1 Å². The Morgan fingerprint density at radius 2 is 1.97 bits per heavy atom. The van der Waals surface area contributed by atoms with Crippen LogP contribution in [0.2, 0.25) is 0 Å². The molecule has 10 heteroatoms. The molecule has 29 heavy (non-hydrogen) atoms. The number of benzene rings is 1. The largest absolute Gasteiger partial charge is 0.378 e. The van der Waals surface area contributed by atoms with Crippen molar-refractivity contribution >= 4 is 35.8 Å². The first-order chi connectivity index (χ1) is 13.7. The molecule has 3 rings (SSSR count). The first-order valence-corrected chi connectivity index (χ1v) is 9.38. The summed E-state index contributed by atoms with van der Waals surface area (Å²) in [6, 6.07) is 9.83. The van der Waals surface area contributed by atoms with Crippen LogP contribution in [0, 0.1) is 0 Å². The number of carbonyl (C=O) groups excluding carboxylic acids is 1. The maximum Gasteiger partial charge on any atom is 0.232 e. The monoisotopic (exact) mass is 513 g/mol. The van der Waals surface area contributed by atoms with E-state index in [9.17, 15) is 4.79 Å². The van der Waals surface area contributed by atoms with E-state index in [2.05, 4.69) is 25.7 Å². The summed E-state index contributed by atoms with van der Waals surface area (Å²) in [7, 11) is 3.54. The van der Waals surface area contributed by atoms with E-state index in [4.69, 9.17) is 4.74 Å². The predicted octanol–water partition coefficient (Wildman–Crippen LogP) is 0.741. The Morgan fingerprint density at radius 3 is 2.59 bits per heavy atom. The number of aromatic nitrogens is 3. The van der Waals surface area contributed by atoms with Crippen molar-refractivity contribution in [3.8, 4) is 0 Å². The van der Waals surface area contributed by atoms with E-state index in [0.717, 1.165) is 11.4 Å². The maximum atomic E-state index is 13.1. The highest BCUT2D eigenvalue weighted by atomic mass is 127. The zero-order valence-electron chi connectivity index (χ0n) is 16.7. The average Bonchev–Trinajstić information content (AvgIpc) is 3.16. The third kappa shape index (κ3) is 6.39. The zero-order valence-corrected chi connectivity index (χ0v) is 19.1. The van der Waals surface area contributed by atoms with Crippen LogP contribution in [0.1, 0.15) is 17.3 Å². The fourth-order valence-corrected chi connectivity index (χ4v) is 3.10. The lowest BCUT2D eigenvalue weighted by molar-refractivity contribution is -0.136. The maximum absolute atomic E-state index is 13.1. The topological polar surface area (TPSA) is 96.7 Å². The summed E-state index contributed by atoms with van der Waals surface area (Å²) >= 11 is 0. The summed E-state index contributed by atoms with van der Waals surface area (Å²) in [5.74, 6) is 1.21. The molecule has 0 bridgehead atoms. The van der Waals surface area contributed by atoms with Crippen molar-refractivity contribution < 1.29 is 9.53 Å². The summed E-state index contributed by atoms with van der Waals surface area (Å²) in [4.78, 5) is 23.4. The van der Waals surface area contributed by atoms with Gasteiger partial charge in [-0.25, -0.2) is 4.98 Å². The molecule has 1 fully saturated rings. The van der Waals surface area contributed by atoms with E-state index in [0.29, 0.717) is 45.4 Å². The minimum Gasteiger partial charge on any atom is -0.378 e. The summed E-state index contributed by atoms with van der Waals surface area (Å²) < 4.78 is 7.08. The van der Waals surface area contributed by atoms with E-state index in [1.807, 2.05) is 42.3 Å². The van der Waals surface area contributed by atoms with Gasteiger partial charge in [0.2, 0.25) is 5.91 Å². The zero-order chi connectivity index (χ0) is 19.8. The van der Waals surface area contributed by atoms with Gasteiger partial charge in [-0.3, -0.25) is 14.5 Å². The molecule has 1 saturated heterocycles. The van der Waals surface area contributed by atoms with Crippen molar-refractivity contribution in [3.05, 3.63) is 48.0 Å². The van der Waals surface area contributed by atoms with E-state index in [-0.39, 0.29) is 35.8 Å². The van der Waals surface area contributed by atoms with Gasteiger partial charge in [0.1, 0.15) is 12.2 Å². The second kappa shape index (κ2) is 11.7. The molecule has 1 unspecified atom stereocenters. The predicted molar refractivity (Wildman–Crippen MR) is 121 cm³/mol. The quantitative estimate of drug-likeness (QED) is 0.336. The van der Waals surface area contributed by atoms with E-state index < -0.39 is 0 Å². The Kier molecular flexibility index (Phi) is 9.32. The van der Waals surface area contributed by atoms with Gasteiger partial charge in [-0.15, -0.1) is 24.0 Å². The molecular weight excluding hydrogens is 485 g/mol. The van der Waals surface area contributed by atoms with Crippen LogP contribution in [0.25, 0.3) is 0 Å². The Morgan fingerprint density at radius 1 is 1.24 bits per heavy atom. The normalized spacial score (nSPS) is 15.4. The van der Waals surface area contributed by atoms with Crippen molar-refractivity contribution in [2.24, 2.45) is 12.0 Å². The minimum absolute atomic E-state index is 0. The molecule has 1 amide bonds. The summed E-state index contributed by atoms with van der Waals surface area (Å²) in [5.41, 5.74) is 0.982. The Bertz CT molecular complexity index is 791. The number of ether oxygens (including phenoxy) is 1. The van der Waals surface area contributed by atoms with Crippen LogP contribution in [0.5, 0.6) is 0 Å². The lowest BCUT2D eigenvalue weighted by Crippen LogP contribution is -2.47. The first-order valence-electron chi connectivity index (χ1n) is 9.38.